The molecular weight excluding hydrogens is 779 g/mol. The lowest BCUT2D eigenvalue weighted by atomic mass is 9.72. The van der Waals surface area contributed by atoms with Crippen molar-refractivity contribution in [3.8, 4) is 11.5 Å². The summed E-state index contributed by atoms with van der Waals surface area (Å²) in [6.45, 7) is 5.34. The van der Waals surface area contributed by atoms with Gasteiger partial charge in [-0.2, -0.15) is 26.3 Å². The van der Waals surface area contributed by atoms with Crippen molar-refractivity contribution in [2.24, 2.45) is 10.4 Å². The number of thiophene rings is 1. The highest BCUT2D eigenvalue weighted by molar-refractivity contribution is 7.10. The molecule has 0 aliphatic carbocycles. The van der Waals surface area contributed by atoms with Gasteiger partial charge in [0.2, 0.25) is 5.60 Å². The second kappa shape index (κ2) is 17.0. The first kappa shape index (κ1) is 43.5. The van der Waals surface area contributed by atoms with Crippen molar-refractivity contribution in [2.75, 3.05) is 33.3 Å². The molecular formula is C40H46F6N4O6S. The van der Waals surface area contributed by atoms with Crippen LogP contribution in [-0.2, 0) is 27.4 Å². The highest BCUT2D eigenvalue weighted by atomic mass is 32.1. The van der Waals surface area contributed by atoms with Gasteiger partial charge >= 0.3 is 18.3 Å². The molecule has 10 nitrogen and oxygen atoms in total. The average molecular weight is 825 g/mol. The molecule has 0 saturated carbocycles. The molecule has 2 aliphatic heterocycles. The van der Waals surface area contributed by atoms with Crippen LogP contribution >= 0.6 is 11.3 Å². The summed E-state index contributed by atoms with van der Waals surface area (Å²) in [4.78, 5) is 50.8. The maximum absolute atomic E-state index is 15.1. The third kappa shape index (κ3) is 9.23. The molecule has 5 rings (SSSR count). The zero-order valence-electron chi connectivity index (χ0n) is 32.1. The molecule has 310 valence electrons. The average Bonchev–Trinajstić information content (AvgIpc) is 3.64. The second-order valence-corrected chi connectivity index (χ2v) is 16.0. The predicted molar refractivity (Wildman–Crippen MR) is 201 cm³/mol. The Morgan fingerprint density at radius 2 is 1.74 bits per heavy atom. The van der Waals surface area contributed by atoms with Gasteiger partial charge in [0.25, 0.3) is 11.8 Å². The van der Waals surface area contributed by atoms with Crippen LogP contribution in [0.25, 0.3) is 0 Å². The molecule has 3 aromatic rings. The quantitative estimate of drug-likeness (QED) is 0.136. The van der Waals surface area contributed by atoms with Crippen LogP contribution in [0.3, 0.4) is 0 Å². The van der Waals surface area contributed by atoms with Crippen molar-refractivity contribution in [1.29, 1.82) is 0 Å². The van der Waals surface area contributed by atoms with Gasteiger partial charge < -0.3 is 24.4 Å². The monoisotopic (exact) mass is 824 g/mol. The Morgan fingerprint density at radius 1 is 1.04 bits per heavy atom. The maximum atomic E-state index is 15.1. The summed E-state index contributed by atoms with van der Waals surface area (Å²) in [6, 6.07) is 7.62. The molecule has 0 spiro atoms. The van der Waals surface area contributed by atoms with Gasteiger partial charge in [0.15, 0.2) is 0 Å². The number of amides is 2. The number of nitrogens with zero attached hydrogens (tertiary/aromatic N) is 4. The first-order valence-corrected chi connectivity index (χ1v) is 19.5. The molecule has 2 aromatic heterocycles. The summed E-state index contributed by atoms with van der Waals surface area (Å²) in [6.07, 6.45) is -4.60. The number of aromatic nitrogens is 1. The van der Waals surface area contributed by atoms with E-state index in [9.17, 15) is 41.0 Å². The molecule has 2 aliphatic rings. The minimum atomic E-state index is -4.89. The molecule has 57 heavy (non-hydrogen) atoms. The number of rotatable bonds is 13. The van der Waals surface area contributed by atoms with Crippen LogP contribution in [-0.4, -0.2) is 88.8 Å². The first-order valence-electron chi connectivity index (χ1n) is 18.6. The molecule has 2 amide bonds. The molecule has 2 atom stereocenters. The van der Waals surface area contributed by atoms with E-state index in [1.54, 1.807) is 51.1 Å². The standard InChI is InChI=1S/C40H46F6N4O6S/c1-5-9-31-38(56-26-22-32(57-24-26)40(44,45)46,13-8-18-50(31)33(51)27-23-48-17-12-28(27)39(41,42)43)34(52)49-19-14-37(15-20-49,25-47-4)29-10-6-7-11-30(29)55-21-16-36(2,3)35(53)54/h6-7,10-12,17,22-25,31H,5,8-9,13-16,18-21H2,1-4H3,(H,53,54)/t31-,38+/m1/s1. The number of ether oxygens (including phenoxy) is 2. The number of hydrogen-bond acceptors (Lipinski definition) is 8. The van der Waals surface area contributed by atoms with Gasteiger partial charge in [-0.1, -0.05) is 31.5 Å². The summed E-state index contributed by atoms with van der Waals surface area (Å²) >= 11 is 0.382. The number of aliphatic carboxylic acids is 1. The highest BCUT2D eigenvalue weighted by Gasteiger charge is 2.56. The van der Waals surface area contributed by atoms with Crippen LogP contribution in [0.4, 0.5) is 26.3 Å². The number of para-hydroxylation sites is 1. The zero-order chi connectivity index (χ0) is 41.8. The SMILES string of the molecule is CCC[C@H]1N(C(=O)c2cnccc2C(F)(F)F)CCC[C@@]1(Oc1csc(C(F)(F)F)c1)C(=O)N1CCC(C=NC)(c2ccccc2OCCC(C)(C)C(=O)O)CC1. The number of hydrogen-bond donors (Lipinski definition) is 1. The van der Waals surface area contributed by atoms with E-state index in [-0.39, 0.29) is 57.7 Å². The van der Waals surface area contributed by atoms with Crippen LogP contribution in [0.15, 0.2) is 59.2 Å². The Bertz CT molecular complexity index is 1940. The lowest BCUT2D eigenvalue weighted by Crippen LogP contribution is -2.68. The Balaban J connectivity index is 1.51. The highest BCUT2D eigenvalue weighted by Crippen LogP contribution is 2.45. The molecule has 4 heterocycles. The second-order valence-electron chi connectivity index (χ2n) is 15.1. The topological polar surface area (TPSA) is 122 Å². The van der Waals surface area contributed by atoms with E-state index in [0.29, 0.717) is 42.4 Å². The van der Waals surface area contributed by atoms with E-state index in [2.05, 4.69) is 9.98 Å². The van der Waals surface area contributed by atoms with Crippen LogP contribution < -0.4 is 9.47 Å². The zero-order valence-corrected chi connectivity index (χ0v) is 32.9. The van der Waals surface area contributed by atoms with Crippen molar-refractivity contribution in [1.82, 2.24) is 14.8 Å². The van der Waals surface area contributed by atoms with E-state index in [0.717, 1.165) is 29.4 Å². The lowest BCUT2D eigenvalue weighted by molar-refractivity contribution is -0.160. The van der Waals surface area contributed by atoms with E-state index in [1.165, 1.54) is 4.90 Å². The third-order valence-corrected chi connectivity index (χ3v) is 11.8. The number of carboxylic acids is 1. The molecule has 0 radical (unpaired) electrons. The van der Waals surface area contributed by atoms with Crippen LogP contribution in [0.1, 0.15) is 92.1 Å². The number of piperidine rings is 2. The van der Waals surface area contributed by atoms with Crippen LogP contribution in [0.5, 0.6) is 11.5 Å². The molecule has 1 N–H and O–H groups in total. The fraction of sp³-hybridized carbons (Fsp3) is 0.525. The third-order valence-electron chi connectivity index (χ3n) is 10.9. The van der Waals surface area contributed by atoms with Gasteiger partial charge in [0.1, 0.15) is 16.4 Å². The van der Waals surface area contributed by atoms with Crippen molar-refractivity contribution < 1.29 is 55.3 Å². The van der Waals surface area contributed by atoms with Gasteiger partial charge in [-0.05, 0) is 58.1 Å². The number of likely N-dealkylation sites (tertiary alicyclic amines) is 2. The number of pyridine rings is 1. The normalized spacial score (nSPS) is 20.4. The Kier molecular flexibility index (Phi) is 13.0. The largest absolute Gasteiger partial charge is 0.493 e. The lowest BCUT2D eigenvalue weighted by Gasteiger charge is -2.51. The summed E-state index contributed by atoms with van der Waals surface area (Å²) in [7, 11) is 1.62. The van der Waals surface area contributed by atoms with Gasteiger partial charge in [0, 0.05) is 74.1 Å². The fourth-order valence-electron chi connectivity index (χ4n) is 7.72. The number of aliphatic imine (C=N–C) groups is 1. The summed E-state index contributed by atoms with van der Waals surface area (Å²) in [5, 5.41) is 10.7. The summed E-state index contributed by atoms with van der Waals surface area (Å²) in [5.41, 5.74) is -4.85. The Hall–Kier alpha value is -4.67. The van der Waals surface area contributed by atoms with E-state index >= 15 is 4.79 Å². The summed E-state index contributed by atoms with van der Waals surface area (Å²) < 4.78 is 96.2. The maximum Gasteiger partial charge on any atom is 0.425 e. The van der Waals surface area contributed by atoms with E-state index < -0.39 is 68.6 Å². The predicted octanol–water partition coefficient (Wildman–Crippen LogP) is 8.54. The fourth-order valence-corrected chi connectivity index (χ4v) is 8.40. The number of carboxylic acid groups (broad SMARTS) is 1. The van der Waals surface area contributed by atoms with Crippen LogP contribution in [0.2, 0.25) is 0 Å². The van der Waals surface area contributed by atoms with Gasteiger partial charge in [0.05, 0.1) is 29.2 Å². The minimum Gasteiger partial charge on any atom is -0.493 e. The van der Waals surface area contributed by atoms with Gasteiger partial charge in [-0.3, -0.25) is 24.4 Å². The van der Waals surface area contributed by atoms with Crippen molar-refractivity contribution in [2.45, 2.75) is 95.1 Å². The number of alkyl halides is 6. The molecule has 2 fully saturated rings. The Morgan fingerprint density at radius 3 is 2.35 bits per heavy atom. The number of carbonyl (C=O) groups is 3. The number of halogens is 6. The molecule has 0 unspecified atom stereocenters. The minimum absolute atomic E-state index is 0.0158. The van der Waals surface area contributed by atoms with E-state index in [4.69, 9.17) is 9.47 Å². The molecule has 0 bridgehead atoms. The summed E-state index contributed by atoms with van der Waals surface area (Å²) in [5.74, 6) is -2.29. The number of benzene rings is 1. The van der Waals surface area contributed by atoms with Crippen molar-refractivity contribution in [3.05, 3.63) is 75.7 Å². The molecule has 17 heteroatoms. The van der Waals surface area contributed by atoms with Crippen LogP contribution in [0, 0.1) is 5.41 Å². The smallest absolute Gasteiger partial charge is 0.425 e. The molecule has 1 aromatic carbocycles. The van der Waals surface area contributed by atoms with Crippen molar-refractivity contribution >= 4 is 35.3 Å². The number of carbonyl (C=O) groups excluding carboxylic acids is 2. The van der Waals surface area contributed by atoms with E-state index in [1.807, 2.05) is 12.1 Å². The van der Waals surface area contributed by atoms with Crippen molar-refractivity contribution in [3.63, 3.8) is 0 Å². The first-order chi connectivity index (χ1) is 26.8. The van der Waals surface area contributed by atoms with Gasteiger partial charge in [-0.25, -0.2) is 0 Å². The Labute approximate surface area is 330 Å². The van der Waals surface area contributed by atoms with Gasteiger partial charge in [-0.15, -0.1) is 11.3 Å². The molecule has 2 saturated heterocycles.